The summed E-state index contributed by atoms with van der Waals surface area (Å²) < 4.78 is 20.4. The number of nitrogens with two attached hydrogens (primary N) is 1. The van der Waals surface area contributed by atoms with Gasteiger partial charge in [-0.1, -0.05) is 0 Å². The molecule has 1 fully saturated rings. The van der Waals surface area contributed by atoms with E-state index >= 15 is 0 Å². The Bertz CT molecular complexity index is 1250. The van der Waals surface area contributed by atoms with Crippen LogP contribution in [0.1, 0.15) is 25.0 Å². The Hall–Kier alpha value is -3.50. The standard InChI is InChI=1S/C24H28FN7O2/c1-31-7-9-32(10-8-31)14-17-12-15-11-16(5-6-21(15)34-17)28-24-27-13-19(25)23(30-24)29-20-4-2-3-18(20)22(26)33/h5-6,11-13H,2-4,7-10,14H2,1H3,(H2,26,33)(H2,27,28,29,30). The van der Waals surface area contributed by atoms with Gasteiger partial charge in [0, 0.05) is 48.5 Å². The minimum Gasteiger partial charge on any atom is -0.460 e. The van der Waals surface area contributed by atoms with Gasteiger partial charge in [0.25, 0.3) is 0 Å². The number of hydrogen-bond acceptors (Lipinski definition) is 8. The van der Waals surface area contributed by atoms with Crippen molar-refractivity contribution in [1.29, 1.82) is 0 Å². The predicted octanol–water partition coefficient (Wildman–Crippen LogP) is 3.19. The summed E-state index contributed by atoms with van der Waals surface area (Å²) in [5.74, 6) is 0.0766. The molecule has 0 radical (unpaired) electrons. The normalized spacial score (nSPS) is 17.5. The molecule has 3 aromatic rings. The lowest BCUT2D eigenvalue weighted by Gasteiger charge is -2.31. The van der Waals surface area contributed by atoms with Crippen molar-refractivity contribution in [2.75, 3.05) is 43.9 Å². The van der Waals surface area contributed by atoms with Gasteiger partial charge in [-0.05, 0) is 50.6 Å². The summed E-state index contributed by atoms with van der Waals surface area (Å²) in [7, 11) is 2.14. The van der Waals surface area contributed by atoms with Crippen LogP contribution in [0.3, 0.4) is 0 Å². The first kappa shape index (κ1) is 22.3. The topological polar surface area (TPSA) is 113 Å². The SMILES string of the molecule is CN1CCN(Cc2cc3cc(Nc4ncc(F)c(NC5=C(C(N)=O)CCC5)n4)ccc3o2)CC1. The number of primary amides is 1. The average molecular weight is 466 g/mol. The molecular weight excluding hydrogens is 437 g/mol. The number of fused-ring (bicyclic) bond motifs is 1. The molecule has 1 aliphatic heterocycles. The molecule has 1 amide bonds. The average Bonchev–Trinajstić information content (AvgIpc) is 3.44. The Morgan fingerprint density at radius 2 is 2.00 bits per heavy atom. The molecule has 0 unspecified atom stereocenters. The molecule has 1 aliphatic carbocycles. The Labute approximate surface area is 196 Å². The lowest BCUT2D eigenvalue weighted by atomic mass is 10.2. The molecule has 0 bridgehead atoms. The largest absolute Gasteiger partial charge is 0.460 e. The maximum absolute atomic E-state index is 14.3. The summed E-state index contributed by atoms with van der Waals surface area (Å²) in [6, 6.07) is 7.78. The highest BCUT2D eigenvalue weighted by Gasteiger charge is 2.21. The van der Waals surface area contributed by atoms with Gasteiger partial charge in [0.05, 0.1) is 12.7 Å². The number of nitrogens with zero attached hydrogens (tertiary/aromatic N) is 4. The number of hydrogen-bond donors (Lipinski definition) is 3. The molecule has 10 heteroatoms. The molecular formula is C24H28FN7O2. The number of piperazine rings is 1. The molecule has 0 atom stereocenters. The van der Waals surface area contributed by atoms with Crippen molar-refractivity contribution in [3.05, 3.63) is 53.3 Å². The van der Waals surface area contributed by atoms with Gasteiger partial charge in [0.2, 0.25) is 11.9 Å². The van der Waals surface area contributed by atoms with Crippen LogP contribution in [0.15, 0.2) is 46.1 Å². The Kier molecular flexibility index (Phi) is 6.16. The predicted molar refractivity (Wildman–Crippen MR) is 128 cm³/mol. The van der Waals surface area contributed by atoms with E-state index in [2.05, 4.69) is 43.5 Å². The van der Waals surface area contributed by atoms with Crippen LogP contribution in [0, 0.1) is 5.82 Å². The number of anilines is 3. The molecule has 178 valence electrons. The van der Waals surface area contributed by atoms with E-state index in [-0.39, 0.29) is 11.8 Å². The van der Waals surface area contributed by atoms with Crippen molar-refractivity contribution in [1.82, 2.24) is 19.8 Å². The zero-order chi connectivity index (χ0) is 23.7. The molecule has 2 aliphatic rings. The van der Waals surface area contributed by atoms with Crippen LogP contribution in [0.4, 0.5) is 21.8 Å². The fraction of sp³-hybridized carbons (Fsp3) is 0.375. The molecule has 34 heavy (non-hydrogen) atoms. The third-order valence-electron chi connectivity index (χ3n) is 6.33. The highest BCUT2D eigenvalue weighted by Crippen LogP contribution is 2.29. The van der Waals surface area contributed by atoms with Crippen molar-refractivity contribution in [2.24, 2.45) is 5.73 Å². The first-order valence-electron chi connectivity index (χ1n) is 11.5. The second-order valence-corrected chi connectivity index (χ2v) is 8.86. The Morgan fingerprint density at radius 1 is 1.18 bits per heavy atom. The third kappa shape index (κ3) is 4.87. The van der Waals surface area contributed by atoms with Crippen LogP contribution in [-0.4, -0.2) is 58.9 Å². The van der Waals surface area contributed by atoms with E-state index in [1.165, 1.54) is 0 Å². The fourth-order valence-electron chi connectivity index (χ4n) is 4.42. The summed E-state index contributed by atoms with van der Waals surface area (Å²) in [5, 5.41) is 7.02. The van der Waals surface area contributed by atoms with Gasteiger partial charge >= 0.3 is 0 Å². The number of aromatic nitrogens is 2. The number of carbonyl (C=O) groups excluding carboxylic acids is 1. The number of allylic oxidation sites excluding steroid dienone is 1. The van der Waals surface area contributed by atoms with Crippen LogP contribution in [-0.2, 0) is 11.3 Å². The van der Waals surface area contributed by atoms with Crippen LogP contribution in [0.25, 0.3) is 11.0 Å². The van der Waals surface area contributed by atoms with Crippen LogP contribution >= 0.6 is 0 Å². The number of amides is 1. The van der Waals surface area contributed by atoms with Gasteiger partial charge < -0.3 is 25.7 Å². The first-order chi connectivity index (χ1) is 16.4. The highest BCUT2D eigenvalue weighted by atomic mass is 19.1. The van der Waals surface area contributed by atoms with E-state index in [0.717, 1.165) is 67.8 Å². The van der Waals surface area contributed by atoms with Crippen molar-refractivity contribution >= 4 is 34.3 Å². The van der Waals surface area contributed by atoms with Gasteiger partial charge in [0.15, 0.2) is 11.6 Å². The van der Waals surface area contributed by atoms with Crippen molar-refractivity contribution < 1.29 is 13.6 Å². The summed E-state index contributed by atoms with van der Waals surface area (Å²) in [4.78, 5) is 24.6. The summed E-state index contributed by atoms with van der Waals surface area (Å²) in [6.07, 6.45) is 3.09. The minimum atomic E-state index is -0.604. The van der Waals surface area contributed by atoms with E-state index in [1.807, 2.05) is 18.2 Å². The molecule has 5 rings (SSSR count). The first-order valence-corrected chi connectivity index (χ1v) is 11.5. The number of halogens is 1. The second kappa shape index (κ2) is 9.40. The molecule has 1 aromatic carbocycles. The quantitative estimate of drug-likeness (QED) is 0.488. The van der Waals surface area contributed by atoms with Crippen molar-refractivity contribution in [2.45, 2.75) is 25.8 Å². The van der Waals surface area contributed by atoms with Gasteiger partial charge in [0.1, 0.15) is 11.3 Å². The number of likely N-dealkylation sites (N-methyl/N-ethyl adjacent to an activating group) is 1. The van der Waals surface area contributed by atoms with Gasteiger partial charge in [-0.15, -0.1) is 0 Å². The summed E-state index contributed by atoms with van der Waals surface area (Å²) in [6.45, 7) is 4.95. The van der Waals surface area contributed by atoms with E-state index < -0.39 is 11.7 Å². The Balaban J connectivity index is 1.30. The van der Waals surface area contributed by atoms with Crippen LogP contribution in [0.5, 0.6) is 0 Å². The minimum absolute atomic E-state index is 0.00648. The zero-order valence-corrected chi connectivity index (χ0v) is 19.1. The lowest BCUT2D eigenvalue weighted by Crippen LogP contribution is -2.43. The second-order valence-electron chi connectivity index (χ2n) is 8.86. The highest BCUT2D eigenvalue weighted by molar-refractivity contribution is 5.93. The smallest absolute Gasteiger partial charge is 0.246 e. The van der Waals surface area contributed by atoms with Gasteiger partial charge in [-0.25, -0.2) is 9.37 Å². The lowest BCUT2D eigenvalue weighted by molar-refractivity contribution is -0.114. The zero-order valence-electron chi connectivity index (χ0n) is 19.1. The van der Waals surface area contributed by atoms with Gasteiger partial charge in [-0.3, -0.25) is 9.69 Å². The van der Waals surface area contributed by atoms with Crippen molar-refractivity contribution in [3.8, 4) is 0 Å². The van der Waals surface area contributed by atoms with Crippen molar-refractivity contribution in [3.63, 3.8) is 0 Å². The van der Waals surface area contributed by atoms with E-state index in [9.17, 15) is 9.18 Å². The molecule has 1 saturated heterocycles. The number of rotatable bonds is 7. The van der Waals surface area contributed by atoms with E-state index in [0.29, 0.717) is 24.1 Å². The van der Waals surface area contributed by atoms with E-state index in [1.54, 1.807) is 0 Å². The maximum atomic E-state index is 14.3. The summed E-state index contributed by atoms with van der Waals surface area (Å²) >= 11 is 0. The van der Waals surface area contributed by atoms with E-state index in [4.69, 9.17) is 10.2 Å². The third-order valence-corrected chi connectivity index (χ3v) is 6.33. The van der Waals surface area contributed by atoms with Crippen LogP contribution < -0.4 is 16.4 Å². The number of benzene rings is 1. The molecule has 0 spiro atoms. The molecule has 4 N–H and O–H groups in total. The monoisotopic (exact) mass is 465 g/mol. The molecule has 0 saturated carbocycles. The molecule has 3 heterocycles. The molecule has 2 aromatic heterocycles. The van der Waals surface area contributed by atoms with Gasteiger partial charge in [-0.2, -0.15) is 4.98 Å². The Morgan fingerprint density at radius 3 is 2.79 bits per heavy atom. The summed E-state index contributed by atoms with van der Waals surface area (Å²) in [5.41, 5.74) is 8.10. The molecule has 9 nitrogen and oxygen atoms in total. The number of nitrogens with one attached hydrogen (secondary N) is 2. The van der Waals surface area contributed by atoms with Crippen LogP contribution in [0.2, 0.25) is 0 Å². The number of carbonyl (C=O) groups is 1. The fourth-order valence-corrected chi connectivity index (χ4v) is 4.42. The number of furan rings is 1. The maximum Gasteiger partial charge on any atom is 0.246 e.